The van der Waals surface area contributed by atoms with Crippen LogP contribution in [0.1, 0.15) is 12.7 Å². The minimum Gasteiger partial charge on any atom is -0.465 e. The Morgan fingerprint density at radius 3 is 2.08 bits per heavy atom. The molecule has 1 N–H and O–H groups in total. The first-order chi connectivity index (χ1) is 12.2. The first-order valence-corrected chi connectivity index (χ1v) is 9.63. The van der Waals surface area contributed by atoms with E-state index in [1.807, 2.05) is 91.9 Å². The lowest BCUT2D eigenvalue weighted by Gasteiger charge is -2.18. The number of benzene rings is 2. The van der Waals surface area contributed by atoms with Gasteiger partial charge in [0, 0.05) is 10.6 Å². The second kappa shape index (κ2) is 7.82. The summed E-state index contributed by atoms with van der Waals surface area (Å²) in [5.74, 6) is 0.740. The molecular weight excluding hydrogens is 331 g/mol. The highest BCUT2D eigenvalue weighted by Crippen LogP contribution is 2.38. The summed E-state index contributed by atoms with van der Waals surface area (Å²) in [6.45, 7) is 1.84. The molecule has 4 nitrogen and oxygen atoms in total. The van der Waals surface area contributed by atoms with Crippen LogP contribution < -0.4 is 15.8 Å². The van der Waals surface area contributed by atoms with Gasteiger partial charge in [0.25, 0.3) is 0 Å². The molecule has 0 spiro atoms. The molecule has 1 aromatic heterocycles. The topological polar surface area (TPSA) is 54.6 Å². The van der Waals surface area contributed by atoms with Crippen LogP contribution in [0.25, 0.3) is 6.08 Å². The molecule has 126 valence electrons. The molecule has 0 radical (unpaired) electrons. The van der Waals surface area contributed by atoms with Crippen LogP contribution in [0.3, 0.4) is 0 Å². The Morgan fingerprint density at radius 1 is 0.960 bits per heavy atom. The summed E-state index contributed by atoms with van der Waals surface area (Å²) in [5.41, 5.74) is 0.698. The number of allylic oxidation sites excluding steroid dienone is 1. The summed E-state index contributed by atoms with van der Waals surface area (Å²) in [6.07, 6.45) is 5.24. The van der Waals surface area contributed by atoms with Crippen molar-refractivity contribution in [3.63, 3.8) is 0 Å². The predicted octanol–water partition coefficient (Wildman–Crippen LogP) is 4.19. The fraction of sp³-hybridized carbons (Fsp3) is 0.0500. The van der Waals surface area contributed by atoms with Gasteiger partial charge in [-0.15, -0.1) is 0 Å². The zero-order chi connectivity index (χ0) is 17.5. The summed E-state index contributed by atoms with van der Waals surface area (Å²) in [4.78, 5) is 0. The average Bonchev–Trinajstić information content (AvgIpc) is 3.19. The van der Waals surface area contributed by atoms with Crippen LogP contribution in [0.15, 0.2) is 94.7 Å². The van der Waals surface area contributed by atoms with Gasteiger partial charge in [-0.3, -0.25) is 9.76 Å². The maximum Gasteiger partial charge on any atom is 0.242 e. The molecule has 0 fully saturated rings. The van der Waals surface area contributed by atoms with E-state index in [1.54, 1.807) is 6.26 Å². The molecule has 0 saturated carbocycles. The minimum atomic E-state index is -3.06. The maximum absolute atomic E-state index is 13.7. The Morgan fingerprint density at radius 2 is 1.56 bits per heavy atom. The minimum absolute atomic E-state index is 0.698. The monoisotopic (exact) mass is 350 g/mol. The molecule has 0 aliphatic rings. The summed E-state index contributed by atoms with van der Waals surface area (Å²) in [7, 11) is -3.06. The van der Waals surface area contributed by atoms with Gasteiger partial charge in [0.2, 0.25) is 7.29 Å². The van der Waals surface area contributed by atoms with E-state index >= 15 is 0 Å². The van der Waals surface area contributed by atoms with Crippen molar-refractivity contribution in [2.75, 3.05) is 0 Å². The third-order valence-corrected chi connectivity index (χ3v) is 6.07. The third-order valence-electron chi connectivity index (χ3n) is 3.64. The molecule has 5 heteroatoms. The molecule has 3 aromatic rings. The molecule has 0 bridgehead atoms. The summed E-state index contributed by atoms with van der Waals surface area (Å²) in [6, 6.07) is 22.4. The van der Waals surface area contributed by atoms with Gasteiger partial charge in [0.1, 0.15) is 5.76 Å². The van der Waals surface area contributed by atoms with Gasteiger partial charge in [-0.05, 0) is 55.5 Å². The maximum atomic E-state index is 13.7. The van der Waals surface area contributed by atoms with Crippen LogP contribution in [-0.4, -0.2) is 5.71 Å². The standard InChI is InChI=1S/C20H19N2O2P/c1-17(14-15-18-9-8-16-24-18)21-22-25(23,19-10-4-2-5-11-19)20-12-6-3-7-13-20/h2-16H,1H3,(H,22,23). The molecule has 0 atom stereocenters. The molecule has 3 rings (SSSR count). The second-order valence-corrected chi connectivity index (χ2v) is 7.93. The van der Waals surface area contributed by atoms with Gasteiger partial charge in [0.15, 0.2) is 0 Å². The van der Waals surface area contributed by atoms with E-state index in [-0.39, 0.29) is 0 Å². The molecule has 0 saturated heterocycles. The molecular formula is C20H19N2O2P. The molecule has 25 heavy (non-hydrogen) atoms. The summed E-state index contributed by atoms with van der Waals surface area (Å²) >= 11 is 0. The third kappa shape index (κ3) is 4.17. The number of furan rings is 1. The van der Waals surface area contributed by atoms with Crippen molar-refractivity contribution in [3.05, 3.63) is 90.9 Å². The lowest BCUT2D eigenvalue weighted by molar-refractivity contribution is 0.557. The molecule has 0 aliphatic carbocycles. The smallest absolute Gasteiger partial charge is 0.242 e. The van der Waals surface area contributed by atoms with Crippen LogP contribution in [0.5, 0.6) is 0 Å². The number of rotatable bonds is 6. The molecule has 0 aliphatic heterocycles. The summed E-state index contributed by atoms with van der Waals surface area (Å²) in [5, 5.41) is 8.67. The van der Waals surface area contributed by atoms with Crippen molar-refractivity contribution in [2.45, 2.75) is 6.92 Å². The average molecular weight is 350 g/mol. The summed E-state index contributed by atoms with van der Waals surface area (Å²) < 4.78 is 18.9. The molecule has 0 unspecified atom stereocenters. The zero-order valence-electron chi connectivity index (χ0n) is 13.9. The number of nitrogens with zero attached hydrogens (tertiary/aromatic N) is 1. The Labute approximate surface area is 147 Å². The van der Waals surface area contributed by atoms with Crippen molar-refractivity contribution in [1.82, 2.24) is 5.20 Å². The zero-order valence-corrected chi connectivity index (χ0v) is 14.8. The highest BCUT2D eigenvalue weighted by molar-refractivity contribution is 7.76. The lowest BCUT2D eigenvalue weighted by atomic mass is 10.3. The van der Waals surface area contributed by atoms with Crippen LogP contribution in [-0.2, 0) is 4.57 Å². The fourth-order valence-electron chi connectivity index (χ4n) is 2.32. The van der Waals surface area contributed by atoms with Gasteiger partial charge in [-0.1, -0.05) is 36.4 Å². The van der Waals surface area contributed by atoms with E-state index in [2.05, 4.69) is 10.3 Å². The van der Waals surface area contributed by atoms with Crippen LogP contribution in [0.4, 0.5) is 0 Å². The van der Waals surface area contributed by atoms with E-state index in [1.165, 1.54) is 0 Å². The van der Waals surface area contributed by atoms with Gasteiger partial charge in [-0.25, -0.2) is 0 Å². The largest absolute Gasteiger partial charge is 0.465 e. The van der Waals surface area contributed by atoms with Crippen LogP contribution in [0.2, 0.25) is 0 Å². The van der Waals surface area contributed by atoms with E-state index in [0.29, 0.717) is 16.3 Å². The molecule has 0 amide bonds. The number of hydrogen-bond acceptors (Lipinski definition) is 3. The van der Waals surface area contributed by atoms with E-state index in [4.69, 9.17) is 4.42 Å². The van der Waals surface area contributed by atoms with Crippen molar-refractivity contribution >= 4 is 29.7 Å². The Bertz CT molecular complexity index is 858. The van der Waals surface area contributed by atoms with Crippen molar-refractivity contribution in [1.29, 1.82) is 0 Å². The lowest BCUT2D eigenvalue weighted by Crippen LogP contribution is -2.25. The predicted molar refractivity (Wildman–Crippen MR) is 104 cm³/mol. The van der Waals surface area contributed by atoms with E-state index < -0.39 is 7.29 Å². The van der Waals surface area contributed by atoms with Gasteiger partial charge in [-0.2, -0.15) is 5.10 Å². The van der Waals surface area contributed by atoms with Crippen molar-refractivity contribution in [3.8, 4) is 0 Å². The normalized spacial score (nSPS) is 12.4. The van der Waals surface area contributed by atoms with E-state index in [0.717, 1.165) is 5.76 Å². The molecule has 2 aromatic carbocycles. The van der Waals surface area contributed by atoms with Gasteiger partial charge >= 0.3 is 0 Å². The van der Waals surface area contributed by atoms with Crippen LogP contribution in [0, 0.1) is 0 Å². The second-order valence-electron chi connectivity index (χ2n) is 5.48. The van der Waals surface area contributed by atoms with Crippen LogP contribution >= 0.6 is 7.29 Å². The highest BCUT2D eigenvalue weighted by Gasteiger charge is 2.26. The first kappa shape index (κ1) is 17.0. The Kier molecular flexibility index (Phi) is 5.32. The molecule has 1 heterocycles. The number of hydrogen-bond donors (Lipinski definition) is 1. The van der Waals surface area contributed by atoms with E-state index in [9.17, 15) is 4.57 Å². The quantitative estimate of drug-likeness (QED) is 0.412. The number of nitrogens with one attached hydrogen (secondary N) is 1. The van der Waals surface area contributed by atoms with Crippen molar-refractivity contribution < 1.29 is 8.98 Å². The first-order valence-electron chi connectivity index (χ1n) is 7.93. The fourth-order valence-corrected chi connectivity index (χ4v) is 4.33. The Hall–Kier alpha value is -2.84. The van der Waals surface area contributed by atoms with Crippen molar-refractivity contribution in [2.24, 2.45) is 5.10 Å². The Balaban J connectivity index is 1.88. The van der Waals surface area contributed by atoms with Gasteiger partial charge < -0.3 is 4.42 Å². The SMILES string of the molecule is CC(C=Cc1ccco1)=NNP(=O)(c1ccccc1)c1ccccc1. The number of hydrazone groups is 1. The highest BCUT2D eigenvalue weighted by atomic mass is 31.2. The van der Waals surface area contributed by atoms with Gasteiger partial charge in [0.05, 0.1) is 12.0 Å².